The van der Waals surface area contributed by atoms with Gasteiger partial charge in [0.25, 0.3) is 5.91 Å². The van der Waals surface area contributed by atoms with Crippen LogP contribution in [0.1, 0.15) is 52.9 Å². The summed E-state index contributed by atoms with van der Waals surface area (Å²) in [5.74, 6) is -0.338. The molecule has 4 rings (SSSR count). The molecule has 6 nitrogen and oxygen atoms in total. The molecule has 180 valence electrons. The third-order valence-corrected chi connectivity index (χ3v) is 6.04. The van der Waals surface area contributed by atoms with E-state index in [1.165, 1.54) is 0 Å². The molecular formula is C30H26N2O4. The van der Waals surface area contributed by atoms with Crippen molar-refractivity contribution >= 4 is 22.6 Å². The molecule has 0 aromatic heterocycles. The van der Waals surface area contributed by atoms with Crippen molar-refractivity contribution in [2.75, 3.05) is 0 Å². The molecule has 0 fully saturated rings. The average molecular weight is 479 g/mol. The topological polar surface area (TPSA) is 99.4 Å². The van der Waals surface area contributed by atoms with Crippen molar-refractivity contribution in [3.63, 3.8) is 0 Å². The molecule has 0 saturated heterocycles. The van der Waals surface area contributed by atoms with Crippen LogP contribution < -0.4 is 10.1 Å². The summed E-state index contributed by atoms with van der Waals surface area (Å²) in [5, 5.41) is 23.7. The number of hydrogen-bond donors (Lipinski definition) is 2. The number of ether oxygens (including phenoxy) is 1. The monoisotopic (exact) mass is 478 g/mol. The van der Waals surface area contributed by atoms with Gasteiger partial charge in [0.15, 0.2) is 0 Å². The number of nitriles is 1. The van der Waals surface area contributed by atoms with E-state index in [1.807, 2.05) is 49.4 Å². The lowest BCUT2D eigenvalue weighted by Gasteiger charge is -2.19. The van der Waals surface area contributed by atoms with E-state index in [9.17, 15) is 14.9 Å². The fraction of sp³-hybridized carbons (Fsp3) is 0.167. The highest BCUT2D eigenvalue weighted by molar-refractivity contribution is 5.97. The standard InChI is InChI=1S/C30H26N2O4/c1-20(25-13-6-10-21-8-2-4-12-26(21)25)32-30(35)27-18-24(17-16-22(27)11-7-15-29(33)34)36-28-14-5-3-9-23(28)19-31/h2-6,8-10,12-14,16-18,20H,7,11,15H2,1H3,(H,32,35)(H,33,34). The molecule has 4 aromatic carbocycles. The maximum atomic E-state index is 13.5. The van der Waals surface area contributed by atoms with Crippen molar-refractivity contribution in [3.05, 3.63) is 107 Å². The summed E-state index contributed by atoms with van der Waals surface area (Å²) in [5.41, 5.74) is 2.54. The zero-order valence-corrected chi connectivity index (χ0v) is 19.9. The lowest BCUT2D eigenvalue weighted by molar-refractivity contribution is -0.137. The van der Waals surface area contributed by atoms with E-state index >= 15 is 0 Å². The van der Waals surface area contributed by atoms with Gasteiger partial charge in [-0.3, -0.25) is 9.59 Å². The van der Waals surface area contributed by atoms with Crippen LogP contribution in [-0.4, -0.2) is 17.0 Å². The van der Waals surface area contributed by atoms with E-state index in [1.54, 1.807) is 42.5 Å². The van der Waals surface area contributed by atoms with Crippen LogP contribution in [0.5, 0.6) is 11.5 Å². The molecule has 0 aliphatic heterocycles. The predicted octanol–water partition coefficient (Wildman–Crippen LogP) is 6.40. The molecular weight excluding hydrogens is 452 g/mol. The van der Waals surface area contributed by atoms with E-state index in [-0.39, 0.29) is 18.4 Å². The summed E-state index contributed by atoms with van der Waals surface area (Å²) in [6.07, 6.45) is 0.861. The Morgan fingerprint density at radius 2 is 1.75 bits per heavy atom. The lowest BCUT2D eigenvalue weighted by atomic mass is 9.98. The summed E-state index contributed by atoms with van der Waals surface area (Å²) in [7, 11) is 0. The van der Waals surface area contributed by atoms with Crippen molar-refractivity contribution in [3.8, 4) is 17.6 Å². The van der Waals surface area contributed by atoms with Crippen LogP contribution in [0, 0.1) is 11.3 Å². The molecule has 0 radical (unpaired) electrons. The van der Waals surface area contributed by atoms with Crippen LogP contribution >= 0.6 is 0 Å². The van der Waals surface area contributed by atoms with Crippen molar-refractivity contribution in [2.45, 2.75) is 32.2 Å². The number of hydrogen-bond acceptors (Lipinski definition) is 4. The Morgan fingerprint density at radius 3 is 2.56 bits per heavy atom. The van der Waals surface area contributed by atoms with Crippen molar-refractivity contribution in [1.29, 1.82) is 5.26 Å². The van der Waals surface area contributed by atoms with Gasteiger partial charge >= 0.3 is 5.97 Å². The van der Waals surface area contributed by atoms with E-state index in [4.69, 9.17) is 9.84 Å². The number of benzene rings is 4. The number of rotatable bonds is 9. The number of para-hydroxylation sites is 1. The molecule has 0 saturated carbocycles. The molecule has 0 bridgehead atoms. The Labute approximate surface area is 209 Å². The third kappa shape index (κ3) is 5.70. The van der Waals surface area contributed by atoms with Gasteiger partial charge in [0.2, 0.25) is 0 Å². The van der Waals surface area contributed by atoms with Gasteiger partial charge in [0.1, 0.15) is 17.6 Å². The smallest absolute Gasteiger partial charge is 0.303 e. The first-order chi connectivity index (χ1) is 17.5. The van der Waals surface area contributed by atoms with Crippen molar-refractivity contribution in [1.82, 2.24) is 5.32 Å². The maximum absolute atomic E-state index is 13.5. The van der Waals surface area contributed by atoms with Gasteiger partial charge in [-0.05, 0) is 65.9 Å². The Balaban J connectivity index is 1.63. The molecule has 0 heterocycles. The number of carbonyl (C=O) groups excluding carboxylic acids is 1. The van der Waals surface area contributed by atoms with Crippen LogP contribution in [0.2, 0.25) is 0 Å². The maximum Gasteiger partial charge on any atom is 0.303 e. The molecule has 1 amide bonds. The van der Waals surface area contributed by atoms with Gasteiger partial charge in [0, 0.05) is 12.0 Å². The zero-order chi connectivity index (χ0) is 25.5. The van der Waals surface area contributed by atoms with Gasteiger partial charge < -0.3 is 15.2 Å². The van der Waals surface area contributed by atoms with Crippen LogP contribution in [0.3, 0.4) is 0 Å². The van der Waals surface area contributed by atoms with Crippen LogP contribution in [0.25, 0.3) is 10.8 Å². The Kier molecular flexibility index (Phi) is 7.62. The average Bonchev–Trinajstić information content (AvgIpc) is 2.89. The number of carboxylic acid groups (broad SMARTS) is 1. The minimum absolute atomic E-state index is 0.0151. The minimum atomic E-state index is -0.876. The number of nitrogens with zero attached hydrogens (tertiary/aromatic N) is 1. The molecule has 0 aliphatic carbocycles. The Morgan fingerprint density at radius 1 is 1.00 bits per heavy atom. The number of nitrogens with one attached hydrogen (secondary N) is 1. The first-order valence-electron chi connectivity index (χ1n) is 11.8. The molecule has 1 atom stereocenters. The quantitative estimate of drug-likeness (QED) is 0.290. The van der Waals surface area contributed by atoms with Crippen LogP contribution in [0.15, 0.2) is 84.9 Å². The Hall–Kier alpha value is -4.63. The largest absolute Gasteiger partial charge is 0.481 e. The van der Waals surface area contributed by atoms with Gasteiger partial charge in [-0.2, -0.15) is 5.26 Å². The zero-order valence-electron chi connectivity index (χ0n) is 19.9. The van der Waals surface area contributed by atoms with Gasteiger partial charge in [0.05, 0.1) is 11.6 Å². The first kappa shape index (κ1) is 24.5. The number of carboxylic acids is 1. The predicted molar refractivity (Wildman–Crippen MR) is 138 cm³/mol. The van der Waals surface area contributed by atoms with E-state index < -0.39 is 5.97 Å². The number of fused-ring (bicyclic) bond motifs is 1. The van der Waals surface area contributed by atoms with Gasteiger partial charge in [-0.1, -0.05) is 60.7 Å². The highest BCUT2D eigenvalue weighted by atomic mass is 16.5. The number of aliphatic carboxylic acids is 1. The van der Waals surface area contributed by atoms with E-state index in [0.29, 0.717) is 35.5 Å². The highest BCUT2D eigenvalue weighted by Gasteiger charge is 2.18. The number of aryl methyl sites for hydroxylation is 1. The summed E-state index contributed by atoms with van der Waals surface area (Å²) in [6, 6.07) is 27.9. The molecule has 4 aromatic rings. The molecule has 0 aliphatic rings. The van der Waals surface area contributed by atoms with E-state index in [0.717, 1.165) is 21.9 Å². The number of amides is 1. The fourth-order valence-electron chi connectivity index (χ4n) is 4.23. The molecule has 1 unspecified atom stereocenters. The van der Waals surface area contributed by atoms with Crippen molar-refractivity contribution < 1.29 is 19.4 Å². The molecule has 0 spiro atoms. The van der Waals surface area contributed by atoms with Gasteiger partial charge in [-0.15, -0.1) is 0 Å². The summed E-state index contributed by atoms with van der Waals surface area (Å²) < 4.78 is 5.94. The van der Waals surface area contributed by atoms with E-state index in [2.05, 4.69) is 11.4 Å². The minimum Gasteiger partial charge on any atom is -0.481 e. The normalized spacial score (nSPS) is 11.4. The summed E-state index contributed by atoms with van der Waals surface area (Å²) in [6.45, 7) is 1.94. The SMILES string of the molecule is CC(NC(=O)c1cc(Oc2ccccc2C#N)ccc1CCCC(=O)O)c1cccc2ccccc12. The second-order valence-corrected chi connectivity index (χ2v) is 8.54. The second-order valence-electron chi connectivity index (χ2n) is 8.54. The second kappa shape index (κ2) is 11.2. The highest BCUT2D eigenvalue weighted by Crippen LogP contribution is 2.29. The van der Waals surface area contributed by atoms with Gasteiger partial charge in [-0.25, -0.2) is 0 Å². The molecule has 2 N–H and O–H groups in total. The lowest BCUT2D eigenvalue weighted by Crippen LogP contribution is -2.27. The summed E-state index contributed by atoms with van der Waals surface area (Å²) in [4.78, 5) is 24.5. The van der Waals surface area contributed by atoms with Crippen LogP contribution in [0.4, 0.5) is 0 Å². The van der Waals surface area contributed by atoms with Crippen molar-refractivity contribution in [2.24, 2.45) is 0 Å². The third-order valence-electron chi connectivity index (χ3n) is 6.04. The Bertz CT molecular complexity index is 1450. The fourth-order valence-corrected chi connectivity index (χ4v) is 4.23. The first-order valence-corrected chi connectivity index (χ1v) is 11.8. The summed E-state index contributed by atoms with van der Waals surface area (Å²) >= 11 is 0. The number of carbonyl (C=O) groups is 2. The molecule has 6 heteroatoms. The van der Waals surface area contributed by atoms with Crippen LogP contribution in [-0.2, 0) is 11.2 Å². The molecule has 36 heavy (non-hydrogen) atoms.